The minimum atomic E-state index is -1.19. The fourth-order valence-corrected chi connectivity index (χ4v) is 1.52. The molecule has 1 saturated carbocycles. The Kier molecular flexibility index (Phi) is 3.25. The van der Waals surface area contributed by atoms with Gasteiger partial charge in [-0.2, -0.15) is 0 Å². The van der Waals surface area contributed by atoms with E-state index in [9.17, 15) is 9.18 Å². The van der Waals surface area contributed by atoms with Crippen LogP contribution in [-0.4, -0.2) is 23.3 Å². The van der Waals surface area contributed by atoms with Crippen molar-refractivity contribution in [2.24, 2.45) is 11.7 Å². The molecular formula is C9H16FNO2. The first-order chi connectivity index (χ1) is 6.08. The van der Waals surface area contributed by atoms with E-state index >= 15 is 0 Å². The minimum absolute atomic E-state index is 0.245. The Morgan fingerprint density at radius 3 is 2.62 bits per heavy atom. The van der Waals surface area contributed by atoms with Crippen LogP contribution in [0.2, 0.25) is 0 Å². The number of nitrogens with two attached hydrogens (primary N) is 1. The number of halogens is 1. The average molecular weight is 189 g/mol. The van der Waals surface area contributed by atoms with E-state index in [4.69, 9.17) is 10.8 Å². The number of carboxylic acids is 1. The predicted octanol–water partition coefficient (Wildman–Crippen LogP) is 1.32. The van der Waals surface area contributed by atoms with E-state index in [0.717, 1.165) is 12.8 Å². The fraction of sp³-hybridized carbons (Fsp3) is 0.889. The van der Waals surface area contributed by atoms with Gasteiger partial charge in [0.05, 0.1) is 6.67 Å². The van der Waals surface area contributed by atoms with E-state index in [1.807, 2.05) is 0 Å². The van der Waals surface area contributed by atoms with Gasteiger partial charge in [-0.15, -0.1) is 0 Å². The van der Waals surface area contributed by atoms with Crippen LogP contribution in [0.1, 0.15) is 32.1 Å². The number of rotatable bonds is 6. The van der Waals surface area contributed by atoms with Gasteiger partial charge in [0, 0.05) is 0 Å². The SMILES string of the molecule is NC(CCCF)(CC1CC1)C(=O)O. The Labute approximate surface area is 77.1 Å². The van der Waals surface area contributed by atoms with Crippen molar-refractivity contribution in [1.29, 1.82) is 0 Å². The second-order valence-corrected chi connectivity index (χ2v) is 3.90. The lowest BCUT2D eigenvalue weighted by Gasteiger charge is -2.23. The van der Waals surface area contributed by atoms with E-state index in [-0.39, 0.29) is 12.8 Å². The molecule has 0 aromatic carbocycles. The summed E-state index contributed by atoms with van der Waals surface area (Å²) in [5.74, 6) is -0.534. The zero-order valence-corrected chi connectivity index (χ0v) is 7.63. The second-order valence-electron chi connectivity index (χ2n) is 3.90. The van der Waals surface area contributed by atoms with Gasteiger partial charge in [0.25, 0.3) is 0 Å². The lowest BCUT2D eigenvalue weighted by Crippen LogP contribution is -2.48. The van der Waals surface area contributed by atoms with Gasteiger partial charge < -0.3 is 10.8 Å². The maximum atomic E-state index is 11.9. The van der Waals surface area contributed by atoms with Gasteiger partial charge in [0.2, 0.25) is 0 Å². The topological polar surface area (TPSA) is 63.3 Å². The number of hydrogen-bond acceptors (Lipinski definition) is 2. The molecule has 76 valence electrons. The van der Waals surface area contributed by atoms with Crippen LogP contribution in [0.5, 0.6) is 0 Å². The fourth-order valence-electron chi connectivity index (χ4n) is 1.52. The molecule has 1 atom stereocenters. The van der Waals surface area contributed by atoms with Crippen molar-refractivity contribution >= 4 is 5.97 Å². The summed E-state index contributed by atoms with van der Waals surface area (Å²) in [6.45, 7) is -0.489. The van der Waals surface area contributed by atoms with Gasteiger partial charge in [0.1, 0.15) is 5.54 Å². The molecule has 1 rings (SSSR count). The first-order valence-corrected chi connectivity index (χ1v) is 4.67. The molecule has 4 heteroatoms. The monoisotopic (exact) mass is 189 g/mol. The molecule has 1 aliphatic rings. The Morgan fingerprint density at radius 1 is 1.62 bits per heavy atom. The molecule has 0 spiro atoms. The van der Waals surface area contributed by atoms with Gasteiger partial charge in [-0.1, -0.05) is 12.8 Å². The highest BCUT2D eigenvalue weighted by atomic mass is 19.1. The summed E-state index contributed by atoms with van der Waals surface area (Å²) in [4.78, 5) is 10.8. The van der Waals surface area contributed by atoms with E-state index in [1.54, 1.807) is 0 Å². The molecule has 0 amide bonds. The van der Waals surface area contributed by atoms with Crippen molar-refractivity contribution in [1.82, 2.24) is 0 Å². The number of hydrogen-bond donors (Lipinski definition) is 2. The molecule has 3 nitrogen and oxygen atoms in total. The summed E-state index contributed by atoms with van der Waals surface area (Å²) >= 11 is 0. The summed E-state index contributed by atoms with van der Waals surface area (Å²) in [5.41, 5.74) is 4.51. The molecule has 0 heterocycles. The van der Waals surface area contributed by atoms with Crippen molar-refractivity contribution < 1.29 is 14.3 Å². The highest BCUT2D eigenvalue weighted by Gasteiger charge is 2.39. The Bertz CT molecular complexity index is 194. The number of alkyl halides is 1. The summed E-state index contributed by atoms with van der Waals surface area (Å²) in [5, 5.41) is 8.89. The van der Waals surface area contributed by atoms with Gasteiger partial charge in [0.15, 0.2) is 0 Å². The minimum Gasteiger partial charge on any atom is -0.480 e. The van der Waals surface area contributed by atoms with Crippen molar-refractivity contribution in [3.05, 3.63) is 0 Å². The second kappa shape index (κ2) is 4.05. The van der Waals surface area contributed by atoms with Gasteiger partial charge in [-0.05, 0) is 25.2 Å². The third kappa shape index (κ3) is 2.95. The molecule has 1 unspecified atom stereocenters. The Morgan fingerprint density at radius 2 is 2.23 bits per heavy atom. The Hall–Kier alpha value is -0.640. The van der Waals surface area contributed by atoms with E-state index in [2.05, 4.69) is 0 Å². The third-order valence-electron chi connectivity index (χ3n) is 2.53. The van der Waals surface area contributed by atoms with Crippen LogP contribution in [0, 0.1) is 5.92 Å². The Balaban J connectivity index is 2.45. The van der Waals surface area contributed by atoms with Crippen molar-refractivity contribution in [3.63, 3.8) is 0 Å². The highest BCUT2D eigenvalue weighted by molar-refractivity contribution is 5.78. The van der Waals surface area contributed by atoms with Crippen LogP contribution in [0.4, 0.5) is 4.39 Å². The molecule has 1 fully saturated rings. The van der Waals surface area contributed by atoms with E-state index in [0.29, 0.717) is 12.3 Å². The summed E-state index contributed by atoms with van der Waals surface area (Å²) in [6, 6.07) is 0. The largest absolute Gasteiger partial charge is 0.480 e. The molecular weight excluding hydrogens is 173 g/mol. The van der Waals surface area contributed by atoms with Crippen LogP contribution in [0.3, 0.4) is 0 Å². The summed E-state index contributed by atoms with van der Waals surface area (Å²) in [7, 11) is 0. The summed E-state index contributed by atoms with van der Waals surface area (Å²) in [6.07, 6.45) is 3.14. The highest BCUT2D eigenvalue weighted by Crippen LogP contribution is 2.37. The van der Waals surface area contributed by atoms with E-state index < -0.39 is 18.2 Å². The lowest BCUT2D eigenvalue weighted by molar-refractivity contribution is -0.144. The smallest absolute Gasteiger partial charge is 0.323 e. The summed E-state index contributed by atoms with van der Waals surface area (Å²) < 4.78 is 11.9. The van der Waals surface area contributed by atoms with Crippen molar-refractivity contribution in [2.75, 3.05) is 6.67 Å². The molecule has 0 aromatic heterocycles. The third-order valence-corrected chi connectivity index (χ3v) is 2.53. The van der Waals surface area contributed by atoms with Gasteiger partial charge in [-0.3, -0.25) is 9.18 Å². The van der Waals surface area contributed by atoms with Crippen molar-refractivity contribution in [2.45, 2.75) is 37.6 Å². The standard InChI is InChI=1S/C9H16FNO2/c10-5-1-4-9(11,8(12)13)6-7-2-3-7/h7H,1-6,11H2,(H,12,13). The normalized spacial score (nSPS) is 21.1. The molecule has 3 N–H and O–H groups in total. The first-order valence-electron chi connectivity index (χ1n) is 4.67. The lowest BCUT2D eigenvalue weighted by atomic mass is 9.89. The number of carbonyl (C=O) groups is 1. The number of carboxylic acid groups (broad SMARTS) is 1. The zero-order chi connectivity index (χ0) is 9.90. The quantitative estimate of drug-likeness (QED) is 0.662. The van der Waals surface area contributed by atoms with Crippen LogP contribution in [0.25, 0.3) is 0 Å². The molecule has 0 radical (unpaired) electrons. The van der Waals surface area contributed by atoms with Crippen LogP contribution in [-0.2, 0) is 4.79 Å². The molecule has 1 aliphatic carbocycles. The maximum absolute atomic E-state index is 11.9. The first kappa shape index (κ1) is 10.4. The van der Waals surface area contributed by atoms with Crippen LogP contribution < -0.4 is 5.73 Å². The predicted molar refractivity (Wildman–Crippen MR) is 47.1 cm³/mol. The van der Waals surface area contributed by atoms with Crippen LogP contribution >= 0.6 is 0 Å². The zero-order valence-electron chi connectivity index (χ0n) is 7.63. The molecule has 13 heavy (non-hydrogen) atoms. The number of aliphatic carboxylic acids is 1. The molecule has 0 saturated heterocycles. The van der Waals surface area contributed by atoms with E-state index in [1.165, 1.54) is 0 Å². The molecule has 0 bridgehead atoms. The van der Waals surface area contributed by atoms with Gasteiger partial charge in [-0.25, -0.2) is 0 Å². The maximum Gasteiger partial charge on any atom is 0.323 e. The molecule has 0 aromatic rings. The van der Waals surface area contributed by atoms with Gasteiger partial charge >= 0.3 is 5.97 Å². The van der Waals surface area contributed by atoms with Crippen molar-refractivity contribution in [3.8, 4) is 0 Å². The van der Waals surface area contributed by atoms with Crippen LogP contribution in [0.15, 0.2) is 0 Å². The average Bonchev–Trinajstić information content (AvgIpc) is 2.84. The molecule has 0 aliphatic heterocycles.